The highest BCUT2D eigenvalue weighted by molar-refractivity contribution is 5.99. The van der Waals surface area contributed by atoms with Gasteiger partial charge in [-0.2, -0.15) is 0 Å². The smallest absolute Gasteiger partial charge is 0.0804 e. The lowest BCUT2D eigenvalue weighted by atomic mass is 9.62. The summed E-state index contributed by atoms with van der Waals surface area (Å²) < 4.78 is 0. The lowest BCUT2D eigenvalue weighted by Crippen LogP contribution is -2.31. The number of hydrogen-bond acceptors (Lipinski definition) is 2. The van der Waals surface area contributed by atoms with Gasteiger partial charge in [0.15, 0.2) is 0 Å². The van der Waals surface area contributed by atoms with Crippen LogP contribution in [0.2, 0.25) is 0 Å². The van der Waals surface area contributed by atoms with Gasteiger partial charge in [-0.3, -0.25) is 0 Å². The van der Waals surface area contributed by atoms with E-state index in [1.54, 1.807) is 0 Å². The Labute approximate surface area is 85.7 Å². The second-order valence-corrected chi connectivity index (χ2v) is 5.62. The van der Waals surface area contributed by atoms with Crippen LogP contribution in [0.5, 0.6) is 0 Å². The van der Waals surface area contributed by atoms with Crippen LogP contribution < -0.4 is 0 Å². The summed E-state index contributed by atoms with van der Waals surface area (Å²) in [7, 11) is 0. The number of hydrogen-bond donors (Lipinski definition) is 1. The van der Waals surface area contributed by atoms with E-state index >= 15 is 0 Å². The van der Waals surface area contributed by atoms with Crippen LogP contribution in [-0.4, -0.2) is 10.9 Å². The van der Waals surface area contributed by atoms with E-state index in [2.05, 4.69) is 32.0 Å². The number of allylic oxidation sites excluding steroid dienone is 2. The minimum absolute atomic E-state index is 0.267. The molecule has 2 nitrogen and oxygen atoms in total. The maximum absolute atomic E-state index is 8.84. The van der Waals surface area contributed by atoms with E-state index in [-0.39, 0.29) is 5.41 Å². The first kappa shape index (κ1) is 9.75. The van der Waals surface area contributed by atoms with Crippen LogP contribution >= 0.6 is 0 Å². The lowest BCUT2D eigenvalue weighted by Gasteiger charge is -2.43. The molecule has 0 aliphatic heterocycles. The predicted octanol–water partition coefficient (Wildman–Crippen LogP) is 3.36. The topological polar surface area (TPSA) is 32.6 Å². The Morgan fingerprint density at radius 3 is 2.57 bits per heavy atom. The van der Waals surface area contributed by atoms with Crippen molar-refractivity contribution in [1.29, 1.82) is 0 Å². The second kappa shape index (κ2) is 2.85. The van der Waals surface area contributed by atoms with Gasteiger partial charge in [0.05, 0.1) is 5.71 Å². The molecule has 0 aromatic carbocycles. The molecule has 0 bridgehead atoms. The van der Waals surface area contributed by atoms with Crippen molar-refractivity contribution < 1.29 is 5.21 Å². The standard InChI is InChI=1S/C12H19NO/c1-11(2)5-4-6-12(3)8-9(13-14)7-10(11)12/h7,14H,4-6,8H2,1-3H3/b13-9+/t12-/m1/s1. The van der Waals surface area contributed by atoms with Gasteiger partial charge in [-0.15, -0.1) is 0 Å². The van der Waals surface area contributed by atoms with E-state index in [1.807, 2.05) is 0 Å². The quantitative estimate of drug-likeness (QED) is 0.464. The fraction of sp³-hybridized carbons (Fsp3) is 0.750. The molecule has 1 atom stereocenters. The molecular formula is C12H19NO. The molecular weight excluding hydrogens is 174 g/mol. The lowest BCUT2D eigenvalue weighted by molar-refractivity contribution is 0.211. The molecule has 0 radical (unpaired) electrons. The second-order valence-electron chi connectivity index (χ2n) is 5.62. The van der Waals surface area contributed by atoms with Crippen molar-refractivity contribution in [1.82, 2.24) is 0 Å². The zero-order chi connectivity index (χ0) is 10.4. The molecule has 1 N–H and O–H groups in total. The molecule has 2 heteroatoms. The molecule has 0 aromatic rings. The fourth-order valence-electron chi connectivity index (χ4n) is 3.24. The third kappa shape index (κ3) is 1.28. The van der Waals surface area contributed by atoms with Crippen molar-refractivity contribution in [2.24, 2.45) is 16.0 Å². The molecule has 14 heavy (non-hydrogen) atoms. The zero-order valence-corrected chi connectivity index (χ0v) is 9.30. The normalized spacial score (nSPS) is 38.2. The van der Waals surface area contributed by atoms with E-state index in [0.717, 1.165) is 12.1 Å². The van der Waals surface area contributed by atoms with Crippen LogP contribution in [0.4, 0.5) is 0 Å². The molecule has 2 aliphatic rings. The number of nitrogens with zero attached hydrogens (tertiary/aromatic N) is 1. The number of oxime groups is 1. The molecule has 0 heterocycles. The average molecular weight is 193 g/mol. The van der Waals surface area contributed by atoms with Gasteiger partial charge in [0, 0.05) is 6.42 Å². The average Bonchev–Trinajstić information content (AvgIpc) is 2.43. The maximum Gasteiger partial charge on any atom is 0.0804 e. The van der Waals surface area contributed by atoms with Gasteiger partial charge in [0.2, 0.25) is 0 Å². The Hall–Kier alpha value is -0.790. The van der Waals surface area contributed by atoms with Gasteiger partial charge in [-0.05, 0) is 29.7 Å². The van der Waals surface area contributed by atoms with E-state index in [4.69, 9.17) is 5.21 Å². The summed E-state index contributed by atoms with van der Waals surface area (Å²) in [6.07, 6.45) is 6.81. The third-order valence-corrected chi connectivity index (χ3v) is 3.92. The maximum atomic E-state index is 8.84. The molecule has 1 fully saturated rings. The molecule has 0 saturated heterocycles. The first-order chi connectivity index (χ1) is 6.48. The highest BCUT2D eigenvalue weighted by atomic mass is 16.4. The van der Waals surface area contributed by atoms with Gasteiger partial charge in [0.25, 0.3) is 0 Å². The van der Waals surface area contributed by atoms with E-state index in [0.29, 0.717) is 5.41 Å². The molecule has 2 rings (SSSR count). The molecule has 78 valence electrons. The van der Waals surface area contributed by atoms with Gasteiger partial charge in [0.1, 0.15) is 0 Å². The van der Waals surface area contributed by atoms with Gasteiger partial charge >= 0.3 is 0 Å². The zero-order valence-electron chi connectivity index (χ0n) is 9.30. The first-order valence-corrected chi connectivity index (χ1v) is 5.42. The number of fused-ring (bicyclic) bond motifs is 1. The Kier molecular flexibility index (Phi) is 1.98. The first-order valence-electron chi connectivity index (χ1n) is 5.42. The highest BCUT2D eigenvalue weighted by Gasteiger charge is 2.45. The summed E-state index contributed by atoms with van der Waals surface area (Å²) in [5.41, 5.74) is 2.91. The van der Waals surface area contributed by atoms with Gasteiger partial charge < -0.3 is 5.21 Å². The summed E-state index contributed by atoms with van der Waals surface area (Å²) in [5.74, 6) is 0. The van der Waals surface area contributed by atoms with E-state index in [1.165, 1.54) is 24.8 Å². The van der Waals surface area contributed by atoms with Crippen molar-refractivity contribution in [2.75, 3.05) is 0 Å². The molecule has 1 saturated carbocycles. The Morgan fingerprint density at radius 2 is 2.00 bits per heavy atom. The summed E-state index contributed by atoms with van der Waals surface area (Å²) in [5, 5.41) is 12.2. The van der Waals surface area contributed by atoms with Crippen LogP contribution in [0, 0.1) is 10.8 Å². The van der Waals surface area contributed by atoms with Crippen molar-refractivity contribution >= 4 is 5.71 Å². The van der Waals surface area contributed by atoms with Gasteiger partial charge in [-0.1, -0.05) is 37.9 Å². The molecule has 2 aliphatic carbocycles. The van der Waals surface area contributed by atoms with Gasteiger partial charge in [-0.25, -0.2) is 0 Å². The third-order valence-electron chi connectivity index (χ3n) is 3.92. The van der Waals surface area contributed by atoms with Crippen LogP contribution in [-0.2, 0) is 0 Å². The SMILES string of the molecule is CC1(C)CCC[C@]2(C)C/C(=N/O)C=C12. The largest absolute Gasteiger partial charge is 0.411 e. The molecule has 0 amide bonds. The monoisotopic (exact) mass is 193 g/mol. The molecule has 0 aromatic heterocycles. The summed E-state index contributed by atoms with van der Waals surface area (Å²) in [6.45, 7) is 6.91. The molecule has 0 unspecified atom stereocenters. The van der Waals surface area contributed by atoms with Crippen molar-refractivity contribution in [3.63, 3.8) is 0 Å². The minimum Gasteiger partial charge on any atom is -0.411 e. The molecule has 0 spiro atoms. The van der Waals surface area contributed by atoms with E-state index < -0.39 is 0 Å². The van der Waals surface area contributed by atoms with Crippen LogP contribution in [0.1, 0.15) is 46.5 Å². The van der Waals surface area contributed by atoms with E-state index in [9.17, 15) is 0 Å². The van der Waals surface area contributed by atoms with Crippen LogP contribution in [0.15, 0.2) is 16.8 Å². The summed E-state index contributed by atoms with van der Waals surface area (Å²) >= 11 is 0. The highest BCUT2D eigenvalue weighted by Crippen LogP contribution is 2.55. The van der Waals surface area contributed by atoms with Crippen LogP contribution in [0.3, 0.4) is 0 Å². The van der Waals surface area contributed by atoms with Crippen molar-refractivity contribution in [3.05, 3.63) is 11.6 Å². The van der Waals surface area contributed by atoms with Crippen molar-refractivity contribution in [2.45, 2.75) is 46.5 Å². The fourth-order valence-corrected chi connectivity index (χ4v) is 3.24. The minimum atomic E-state index is 0.267. The predicted molar refractivity (Wildman–Crippen MR) is 57.7 cm³/mol. The van der Waals surface area contributed by atoms with Crippen molar-refractivity contribution in [3.8, 4) is 0 Å². The summed E-state index contributed by atoms with van der Waals surface area (Å²) in [4.78, 5) is 0. The Morgan fingerprint density at radius 1 is 1.29 bits per heavy atom. The summed E-state index contributed by atoms with van der Waals surface area (Å²) in [6, 6.07) is 0. The Bertz CT molecular complexity index is 314. The Balaban J connectivity index is 2.42. The number of rotatable bonds is 0. The van der Waals surface area contributed by atoms with Crippen LogP contribution in [0.25, 0.3) is 0 Å².